The number of hydrogen-bond acceptors (Lipinski definition) is 5. The molecule has 8 heteroatoms. The third kappa shape index (κ3) is 3.70. The van der Waals surface area contributed by atoms with Gasteiger partial charge in [0.25, 0.3) is 5.91 Å². The second-order valence-corrected chi connectivity index (χ2v) is 5.96. The molecule has 1 aromatic carbocycles. The third-order valence-corrected chi connectivity index (χ3v) is 4.03. The van der Waals surface area contributed by atoms with Crippen LogP contribution in [0.1, 0.15) is 27.8 Å². The Morgan fingerprint density at radius 1 is 1.44 bits per heavy atom. The lowest BCUT2D eigenvalue weighted by Crippen LogP contribution is -2.49. The summed E-state index contributed by atoms with van der Waals surface area (Å²) < 4.78 is 7.05. The van der Waals surface area contributed by atoms with Crippen molar-refractivity contribution in [3.05, 3.63) is 47.3 Å². The van der Waals surface area contributed by atoms with E-state index in [0.717, 1.165) is 11.3 Å². The lowest BCUT2D eigenvalue weighted by Gasteiger charge is -2.31. The Bertz CT molecular complexity index is 784. The Balaban J connectivity index is 1.71. The molecule has 0 unspecified atom stereocenters. The average molecular weight is 344 g/mol. The van der Waals surface area contributed by atoms with E-state index in [1.807, 2.05) is 6.92 Å². The molecule has 2 atom stereocenters. The third-order valence-electron chi connectivity index (χ3n) is 4.03. The van der Waals surface area contributed by atoms with Crippen LogP contribution in [0.4, 0.5) is 5.69 Å². The minimum atomic E-state index is -0.487. The summed E-state index contributed by atoms with van der Waals surface area (Å²) in [6, 6.07) is 8.34. The van der Waals surface area contributed by atoms with Crippen molar-refractivity contribution < 1.29 is 19.4 Å². The molecule has 0 saturated carbocycles. The second kappa shape index (κ2) is 7.04. The molecular formula is C17H20N4O4. The first-order valence-electron chi connectivity index (χ1n) is 7.91. The van der Waals surface area contributed by atoms with Crippen LogP contribution in [-0.2, 0) is 16.6 Å². The summed E-state index contributed by atoms with van der Waals surface area (Å²) in [4.78, 5) is 23.6. The van der Waals surface area contributed by atoms with Gasteiger partial charge >= 0.3 is 0 Å². The van der Waals surface area contributed by atoms with Crippen LogP contribution in [0, 0.1) is 6.92 Å². The molecule has 0 aliphatic carbocycles. The van der Waals surface area contributed by atoms with Crippen LogP contribution in [-0.4, -0.2) is 46.0 Å². The number of aryl methyl sites for hydroxylation is 2. The Labute approximate surface area is 144 Å². The highest BCUT2D eigenvalue weighted by Gasteiger charge is 2.30. The summed E-state index contributed by atoms with van der Waals surface area (Å²) in [5, 5.41) is 19.1. The summed E-state index contributed by atoms with van der Waals surface area (Å²) in [5.41, 5.74) is 2.69. The number of aliphatic hydroxyl groups excluding tert-OH is 1. The van der Waals surface area contributed by atoms with Crippen LogP contribution in [0.5, 0.6) is 0 Å². The van der Waals surface area contributed by atoms with Crippen molar-refractivity contribution in [1.82, 2.24) is 15.1 Å². The van der Waals surface area contributed by atoms with Gasteiger partial charge in [0.15, 0.2) is 0 Å². The monoisotopic (exact) mass is 344 g/mol. The van der Waals surface area contributed by atoms with Gasteiger partial charge in [0.2, 0.25) is 5.91 Å². The molecule has 3 N–H and O–H groups in total. The van der Waals surface area contributed by atoms with Gasteiger partial charge in [0.05, 0.1) is 18.3 Å². The molecule has 1 aromatic heterocycles. The number of morpholine rings is 1. The number of nitrogens with one attached hydrogen (secondary N) is 2. The van der Waals surface area contributed by atoms with Crippen LogP contribution < -0.4 is 10.6 Å². The number of carbonyl (C=O) groups is 2. The Morgan fingerprint density at radius 3 is 2.76 bits per heavy atom. The molecule has 1 saturated heterocycles. The summed E-state index contributed by atoms with van der Waals surface area (Å²) in [6.45, 7) is 1.57. The van der Waals surface area contributed by atoms with E-state index in [9.17, 15) is 14.7 Å². The quantitative estimate of drug-likeness (QED) is 0.750. The highest BCUT2D eigenvalue weighted by Crippen LogP contribution is 2.25. The number of ether oxygens (including phenoxy) is 1. The van der Waals surface area contributed by atoms with Crippen molar-refractivity contribution in [2.75, 3.05) is 18.5 Å². The molecule has 1 fully saturated rings. The Morgan fingerprint density at radius 2 is 2.16 bits per heavy atom. The molecule has 2 heterocycles. The molecule has 25 heavy (non-hydrogen) atoms. The van der Waals surface area contributed by atoms with Gasteiger partial charge in [-0.1, -0.05) is 12.1 Å². The largest absolute Gasteiger partial charge is 0.394 e. The number of nitrogens with zero attached hydrogens (tertiary/aromatic N) is 2. The topological polar surface area (TPSA) is 105 Å². The number of aromatic nitrogens is 2. The normalized spacial score (nSPS) is 20.2. The SMILES string of the molecule is Cc1cc(C(=O)Nc2ccc([C@H]3OCC(=O)N[C@@H]3CO)cc2)n(C)n1. The summed E-state index contributed by atoms with van der Waals surface area (Å²) >= 11 is 0. The van der Waals surface area contributed by atoms with E-state index in [-0.39, 0.29) is 25.0 Å². The zero-order valence-corrected chi connectivity index (χ0v) is 14.0. The van der Waals surface area contributed by atoms with Crippen molar-refractivity contribution >= 4 is 17.5 Å². The molecule has 0 bridgehead atoms. The van der Waals surface area contributed by atoms with Crippen LogP contribution >= 0.6 is 0 Å². The van der Waals surface area contributed by atoms with Crippen LogP contribution in [0.15, 0.2) is 30.3 Å². The number of hydrogen-bond donors (Lipinski definition) is 3. The van der Waals surface area contributed by atoms with Gasteiger partial charge in [-0.05, 0) is 30.7 Å². The van der Waals surface area contributed by atoms with Gasteiger partial charge in [-0.15, -0.1) is 0 Å². The molecule has 8 nitrogen and oxygen atoms in total. The maximum absolute atomic E-state index is 12.3. The van der Waals surface area contributed by atoms with Gasteiger partial charge in [-0.2, -0.15) is 5.10 Å². The Hall–Kier alpha value is -2.71. The van der Waals surface area contributed by atoms with E-state index in [0.29, 0.717) is 11.4 Å². The van der Waals surface area contributed by atoms with Gasteiger partial charge in [0, 0.05) is 12.7 Å². The highest BCUT2D eigenvalue weighted by atomic mass is 16.5. The van der Waals surface area contributed by atoms with Crippen molar-refractivity contribution in [1.29, 1.82) is 0 Å². The van der Waals surface area contributed by atoms with E-state index in [2.05, 4.69) is 15.7 Å². The molecular weight excluding hydrogens is 324 g/mol. The zero-order valence-electron chi connectivity index (χ0n) is 14.0. The van der Waals surface area contributed by atoms with E-state index in [1.54, 1.807) is 37.4 Å². The van der Waals surface area contributed by atoms with Gasteiger partial charge < -0.3 is 20.5 Å². The maximum atomic E-state index is 12.3. The fraction of sp³-hybridized carbons (Fsp3) is 0.353. The number of amides is 2. The lowest BCUT2D eigenvalue weighted by atomic mass is 10.0. The fourth-order valence-electron chi connectivity index (χ4n) is 2.85. The fourth-order valence-corrected chi connectivity index (χ4v) is 2.85. The van der Waals surface area contributed by atoms with Crippen molar-refractivity contribution in [3.8, 4) is 0 Å². The number of anilines is 1. The van der Waals surface area contributed by atoms with Crippen LogP contribution in [0.2, 0.25) is 0 Å². The van der Waals surface area contributed by atoms with Crippen LogP contribution in [0.3, 0.4) is 0 Å². The Kier molecular flexibility index (Phi) is 4.82. The maximum Gasteiger partial charge on any atom is 0.273 e. The van der Waals surface area contributed by atoms with E-state index < -0.39 is 12.1 Å². The standard InChI is InChI=1S/C17H20N4O4/c1-10-7-14(21(2)20-10)17(24)18-12-5-3-11(4-6-12)16-13(8-22)19-15(23)9-25-16/h3-7,13,16,22H,8-9H2,1-2H3,(H,18,24)(H,19,23)/t13-,16-/m1/s1. The smallest absolute Gasteiger partial charge is 0.273 e. The van der Waals surface area contributed by atoms with Crippen molar-refractivity contribution in [2.24, 2.45) is 7.05 Å². The molecule has 2 aromatic rings. The molecule has 3 rings (SSSR count). The van der Waals surface area contributed by atoms with Gasteiger partial charge in [-0.3, -0.25) is 14.3 Å². The van der Waals surface area contributed by atoms with Gasteiger partial charge in [0.1, 0.15) is 18.4 Å². The number of carbonyl (C=O) groups excluding carboxylic acids is 2. The zero-order chi connectivity index (χ0) is 18.0. The number of aliphatic hydroxyl groups is 1. The molecule has 0 radical (unpaired) electrons. The summed E-state index contributed by atoms with van der Waals surface area (Å²) in [5.74, 6) is -0.490. The minimum Gasteiger partial charge on any atom is -0.394 e. The van der Waals surface area contributed by atoms with Gasteiger partial charge in [-0.25, -0.2) is 0 Å². The highest BCUT2D eigenvalue weighted by molar-refractivity contribution is 6.03. The van der Waals surface area contributed by atoms with E-state index >= 15 is 0 Å². The molecule has 0 spiro atoms. The minimum absolute atomic E-state index is 0.0422. The molecule has 132 valence electrons. The molecule has 1 aliphatic heterocycles. The summed E-state index contributed by atoms with van der Waals surface area (Å²) in [7, 11) is 1.72. The van der Waals surface area contributed by atoms with Crippen LogP contribution in [0.25, 0.3) is 0 Å². The first kappa shape index (κ1) is 17.1. The van der Waals surface area contributed by atoms with Crippen molar-refractivity contribution in [3.63, 3.8) is 0 Å². The first-order valence-corrected chi connectivity index (χ1v) is 7.91. The molecule has 2 amide bonds. The second-order valence-electron chi connectivity index (χ2n) is 5.96. The number of rotatable bonds is 4. The average Bonchev–Trinajstić information content (AvgIpc) is 2.94. The summed E-state index contributed by atoms with van der Waals surface area (Å²) in [6.07, 6.45) is -0.424. The first-order chi connectivity index (χ1) is 12.0. The van der Waals surface area contributed by atoms with E-state index in [1.165, 1.54) is 4.68 Å². The number of benzene rings is 1. The predicted molar refractivity (Wildman–Crippen MR) is 90.0 cm³/mol. The lowest BCUT2D eigenvalue weighted by molar-refractivity contribution is -0.138. The van der Waals surface area contributed by atoms with Crippen molar-refractivity contribution in [2.45, 2.75) is 19.1 Å². The predicted octanol–water partition coefficient (Wildman–Crippen LogP) is 0.529. The molecule has 1 aliphatic rings. The van der Waals surface area contributed by atoms with E-state index in [4.69, 9.17) is 4.74 Å².